The Morgan fingerprint density at radius 1 is 1.25 bits per heavy atom. The van der Waals surface area contributed by atoms with Crippen molar-refractivity contribution in [1.29, 1.82) is 0 Å². The van der Waals surface area contributed by atoms with Crippen LogP contribution in [0.4, 0.5) is 5.69 Å². The molecule has 0 bridgehead atoms. The van der Waals surface area contributed by atoms with Gasteiger partial charge in [0.2, 0.25) is 5.91 Å². The fraction of sp³-hybridized carbons (Fsp3) is 0.450. The number of esters is 1. The van der Waals surface area contributed by atoms with Gasteiger partial charge < -0.3 is 14.6 Å². The first kappa shape index (κ1) is 20.7. The fourth-order valence-electron chi connectivity index (χ4n) is 3.31. The molecule has 1 aromatic carbocycles. The topological polar surface area (TPSA) is 63.6 Å². The van der Waals surface area contributed by atoms with Crippen LogP contribution in [0.5, 0.6) is 0 Å². The number of nitrogens with zero attached hydrogens (tertiary/aromatic N) is 2. The summed E-state index contributed by atoms with van der Waals surface area (Å²) in [4.78, 5) is 26.6. The molecule has 1 N–H and O–H groups in total. The van der Waals surface area contributed by atoms with E-state index in [2.05, 4.69) is 10.2 Å². The zero-order valence-electron chi connectivity index (χ0n) is 15.9. The third kappa shape index (κ3) is 5.50. The van der Waals surface area contributed by atoms with Crippen molar-refractivity contribution in [3.8, 4) is 0 Å². The largest absolute Gasteiger partial charge is 0.466 e. The Hall–Kier alpha value is -2.03. The van der Waals surface area contributed by atoms with Crippen molar-refractivity contribution in [3.05, 3.63) is 45.4 Å². The van der Waals surface area contributed by atoms with Crippen molar-refractivity contribution in [2.45, 2.75) is 32.9 Å². The smallest absolute Gasteiger partial charge is 0.311 e. The molecule has 3 rings (SSSR count). The minimum atomic E-state index is -0.236. The Labute approximate surface area is 174 Å². The van der Waals surface area contributed by atoms with E-state index in [0.29, 0.717) is 13.3 Å². The highest BCUT2D eigenvalue weighted by Crippen LogP contribution is 2.21. The molecule has 0 unspecified atom stereocenters. The Morgan fingerprint density at radius 2 is 1.96 bits per heavy atom. The van der Waals surface area contributed by atoms with Gasteiger partial charge in [-0.05, 0) is 44.1 Å². The van der Waals surface area contributed by atoms with Crippen LogP contribution < -0.4 is 5.32 Å². The normalized spacial score (nSPS) is 15.3. The molecule has 1 saturated heterocycles. The number of carbonyl (C=O) groups is 2. The van der Waals surface area contributed by atoms with Crippen LogP contribution in [0.2, 0.25) is 0 Å². The maximum atomic E-state index is 12.5. The Kier molecular flexibility index (Phi) is 7.36. The maximum absolute atomic E-state index is 12.5. The third-order valence-electron chi connectivity index (χ3n) is 4.83. The predicted octanol–water partition coefficient (Wildman–Crippen LogP) is 3.69. The number of amides is 1. The van der Waals surface area contributed by atoms with Crippen molar-refractivity contribution in [3.63, 3.8) is 0 Å². The van der Waals surface area contributed by atoms with Crippen molar-refractivity contribution in [2.75, 3.05) is 25.0 Å². The van der Waals surface area contributed by atoms with Gasteiger partial charge in [-0.15, -0.1) is 11.3 Å². The average Bonchev–Trinajstić information content (AvgIpc) is 3.03. The molecule has 1 aliphatic rings. The Balaban J connectivity index is 1.53. The first-order valence-corrected chi connectivity index (χ1v) is 10.8. The van der Waals surface area contributed by atoms with Gasteiger partial charge in [-0.25, -0.2) is 0 Å². The predicted molar refractivity (Wildman–Crippen MR) is 113 cm³/mol. The Morgan fingerprint density at radius 3 is 2.64 bits per heavy atom. The summed E-state index contributed by atoms with van der Waals surface area (Å²) in [6.07, 6.45) is 1.85. The zero-order valence-corrected chi connectivity index (χ0v) is 17.6. The summed E-state index contributed by atoms with van der Waals surface area (Å²) in [6, 6.07) is 9.56. The number of piperidine rings is 1. The van der Waals surface area contributed by atoms with Crippen LogP contribution >= 0.6 is 23.6 Å². The van der Waals surface area contributed by atoms with E-state index in [1.54, 1.807) is 6.92 Å². The van der Waals surface area contributed by atoms with Crippen LogP contribution in [0.15, 0.2) is 35.7 Å². The van der Waals surface area contributed by atoms with Gasteiger partial charge in [0.05, 0.1) is 19.7 Å². The number of rotatable bonds is 7. The second-order valence-corrected chi connectivity index (χ2v) is 8.30. The summed E-state index contributed by atoms with van der Waals surface area (Å²) in [5.74, 6) is -0.132. The van der Waals surface area contributed by atoms with Crippen LogP contribution in [0.1, 0.15) is 25.5 Å². The molecule has 2 heterocycles. The Bertz CT molecular complexity index is 855. The van der Waals surface area contributed by atoms with E-state index in [4.69, 9.17) is 17.0 Å². The number of ether oxygens (including phenoxy) is 1. The lowest BCUT2D eigenvalue weighted by atomic mass is 9.96. The van der Waals surface area contributed by atoms with Gasteiger partial charge in [-0.1, -0.05) is 18.2 Å². The summed E-state index contributed by atoms with van der Waals surface area (Å²) in [5, 5.41) is 4.92. The summed E-state index contributed by atoms with van der Waals surface area (Å²) >= 11 is 6.90. The second-order valence-electron chi connectivity index (χ2n) is 6.79. The molecule has 2 aromatic rings. The molecule has 28 heavy (non-hydrogen) atoms. The monoisotopic (exact) mass is 419 g/mol. The van der Waals surface area contributed by atoms with Crippen LogP contribution in [0.25, 0.3) is 0 Å². The first-order chi connectivity index (χ1) is 13.6. The van der Waals surface area contributed by atoms with Crippen LogP contribution in [0.3, 0.4) is 0 Å². The van der Waals surface area contributed by atoms with Gasteiger partial charge in [0.25, 0.3) is 0 Å². The summed E-state index contributed by atoms with van der Waals surface area (Å²) < 4.78 is 7.80. The number of para-hydroxylation sites is 1. The van der Waals surface area contributed by atoms with Crippen LogP contribution in [-0.4, -0.2) is 41.0 Å². The van der Waals surface area contributed by atoms with Crippen molar-refractivity contribution < 1.29 is 14.3 Å². The van der Waals surface area contributed by atoms with Gasteiger partial charge in [-0.3, -0.25) is 14.5 Å². The number of anilines is 1. The van der Waals surface area contributed by atoms with E-state index in [0.717, 1.165) is 41.3 Å². The molecule has 1 fully saturated rings. The van der Waals surface area contributed by atoms with E-state index >= 15 is 0 Å². The molecule has 1 amide bonds. The highest BCUT2D eigenvalue weighted by Gasteiger charge is 2.25. The quantitative estimate of drug-likeness (QED) is 0.548. The van der Waals surface area contributed by atoms with Crippen molar-refractivity contribution in [2.24, 2.45) is 5.92 Å². The van der Waals surface area contributed by atoms with Gasteiger partial charge >= 0.3 is 5.97 Å². The lowest BCUT2D eigenvalue weighted by molar-refractivity contribution is -0.142. The van der Waals surface area contributed by atoms with Crippen molar-refractivity contribution in [1.82, 2.24) is 9.47 Å². The highest BCUT2D eigenvalue weighted by molar-refractivity contribution is 7.73. The SMILES string of the molecule is CCOC(=O)Cc1csc(=S)n1CN1CCC(C(=O)Nc2ccccc2)CC1. The van der Waals surface area contributed by atoms with E-state index in [-0.39, 0.29) is 24.2 Å². The molecule has 0 saturated carbocycles. The third-order valence-corrected chi connectivity index (χ3v) is 6.16. The lowest BCUT2D eigenvalue weighted by Gasteiger charge is -2.31. The number of hydrogen-bond acceptors (Lipinski definition) is 6. The zero-order chi connectivity index (χ0) is 19.9. The number of thiazole rings is 1. The minimum Gasteiger partial charge on any atom is -0.466 e. The molecule has 1 aromatic heterocycles. The van der Waals surface area contributed by atoms with E-state index < -0.39 is 0 Å². The number of likely N-dealkylation sites (tertiary alicyclic amines) is 1. The minimum absolute atomic E-state index is 0.0194. The molecule has 0 atom stereocenters. The molecular weight excluding hydrogens is 394 g/mol. The summed E-state index contributed by atoms with van der Waals surface area (Å²) in [6.45, 7) is 4.47. The van der Waals surface area contributed by atoms with Gasteiger partial charge in [0.15, 0.2) is 3.95 Å². The molecule has 0 spiro atoms. The molecule has 0 radical (unpaired) electrons. The molecule has 8 heteroatoms. The van der Waals surface area contributed by atoms with Crippen LogP contribution in [-0.2, 0) is 27.4 Å². The maximum Gasteiger partial charge on any atom is 0.311 e. The fourth-order valence-corrected chi connectivity index (χ4v) is 4.38. The van der Waals surface area contributed by atoms with E-state index in [9.17, 15) is 9.59 Å². The number of aromatic nitrogens is 1. The number of hydrogen-bond donors (Lipinski definition) is 1. The van der Waals surface area contributed by atoms with Gasteiger partial charge in [0.1, 0.15) is 0 Å². The number of carbonyl (C=O) groups excluding carboxylic acids is 2. The first-order valence-electron chi connectivity index (χ1n) is 9.48. The molecular formula is C20H25N3O3S2. The highest BCUT2D eigenvalue weighted by atomic mass is 32.1. The van der Waals surface area contributed by atoms with Crippen molar-refractivity contribution >= 4 is 41.1 Å². The van der Waals surface area contributed by atoms with Gasteiger partial charge in [-0.2, -0.15) is 0 Å². The second kappa shape index (κ2) is 9.95. The van der Waals surface area contributed by atoms with Crippen LogP contribution in [0, 0.1) is 9.87 Å². The van der Waals surface area contributed by atoms with Gasteiger partial charge in [0, 0.05) is 35.8 Å². The lowest BCUT2D eigenvalue weighted by Crippen LogP contribution is -2.39. The molecule has 1 aliphatic heterocycles. The molecule has 0 aliphatic carbocycles. The average molecular weight is 420 g/mol. The standard InChI is InChI=1S/C20H25N3O3S2/c1-2-26-18(24)12-17-13-28-20(27)23(17)14-22-10-8-15(9-11-22)19(25)21-16-6-4-3-5-7-16/h3-7,13,15H,2,8-12,14H2,1H3,(H,21,25). The summed E-state index contributed by atoms with van der Waals surface area (Å²) in [7, 11) is 0. The summed E-state index contributed by atoms with van der Waals surface area (Å²) in [5.41, 5.74) is 1.72. The number of nitrogens with one attached hydrogen (secondary N) is 1. The molecule has 150 valence electrons. The molecule has 6 nitrogen and oxygen atoms in total. The van der Waals surface area contributed by atoms with E-state index in [1.807, 2.05) is 40.3 Å². The number of benzene rings is 1. The van der Waals surface area contributed by atoms with E-state index in [1.165, 1.54) is 11.3 Å².